The van der Waals surface area contributed by atoms with E-state index in [1.165, 1.54) is 6.08 Å². The van der Waals surface area contributed by atoms with Crippen LogP contribution in [0.4, 0.5) is 0 Å². The summed E-state index contributed by atoms with van der Waals surface area (Å²) in [5.74, 6) is -0.397. The largest absolute Gasteiger partial charge is 0.460 e. The van der Waals surface area contributed by atoms with Gasteiger partial charge in [0.2, 0.25) is 0 Å². The van der Waals surface area contributed by atoms with E-state index in [0.717, 1.165) is 12.8 Å². The van der Waals surface area contributed by atoms with Gasteiger partial charge in [0, 0.05) is 13.2 Å². The number of hydrogen-bond donors (Lipinski definition) is 0. The molecule has 0 rings (SSSR count). The zero-order valence-electron chi connectivity index (χ0n) is 11.8. The fourth-order valence-electron chi connectivity index (χ4n) is 1.42. The number of esters is 1. The summed E-state index contributed by atoms with van der Waals surface area (Å²) in [6.07, 6.45) is 7.95. The van der Waals surface area contributed by atoms with E-state index in [1.54, 1.807) is 13.2 Å². The summed E-state index contributed by atoms with van der Waals surface area (Å²) in [7, 11) is 1.63. The highest BCUT2D eigenvalue weighted by Crippen LogP contribution is 2.10. The molecule has 0 aromatic carbocycles. The number of ether oxygens (including phenoxy) is 3. The van der Waals surface area contributed by atoms with Gasteiger partial charge < -0.3 is 14.2 Å². The van der Waals surface area contributed by atoms with E-state index >= 15 is 0 Å². The highest BCUT2D eigenvalue weighted by atomic mass is 16.5. The third-order valence-corrected chi connectivity index (χ3v) is 2.42. The number of methoxy groups -OCH3 is 1. The van der Waals surface area contributed by atoms with Crippen LogP contribution in [-0.2, 0) is 19.0 Å². The molecule has 0 fully saturated rings. The van der Waals surface area contributed by atoms with Crippen LogP contribution in [0.1, 0.15) is 19.8 Å². The van der Waals surface area contributed by atoms with Gasteiger partial charge in [-0.2, -0.15) is 0 Å². The minimum absolute atomic E-state index is 0.0296. The predicted octanol–water partition coefficient (Wildman–Crippen LogP) is 2.66. The SMILES string of the molecule is C=C/C=C/[C@@H](CC[C@@H](C)OC(=O)C=C)OCCOC. The summed E-state index contributed by atoms with van der Waals surface area (Å²) in [5, 5.41) is 0. The molecule has 0 aromatic heterocycles. The van der Waals surface area contributed by atoms with Crippen molar-refractivity contribution in [3.05, 3.63) is 37.5 Å². The van der Waals surface area contributed by atoms with E-state index in [9.17, 15) is 4.79 Å². The molecule has 0 N–H and O–H groups in total. The highest BCUT2D eigenvalue weighted by Gasteiger charge is 2.11. The maximum Gasteiger partial charge on any atom is 0.330 e. The van der Waals surface area contributed by atoms with Crippen LogP contribution in [0.15, 0.2) is 37.5 Å². The molecule has 0 saturated carbocycles. The smallest absolute Gasteiger partial charge is 0.330 e. The molecule has 0 amide bonds. The molecule has 4 nitrogen and oxygen atoms in total. The van der Waals surface area contributed by atoms with Crippen LogP contribution >= 0.6 is 0 Å². The Labute approximate surface area is 115 Å². The molecular weight excluding hydrogens is 244 g/mol. The minimum atomic E-state index is -0.397. The molecule has 108 valence electrons. The molecule has 0 saturated heterocycles. The molecule has 0 spiro atoms. The summed E-state index contributed by atoms with van der Waals surface area (Å²) >= 11 is 0. The lowest BCUT2D eigenvalue weighted by molar-refractivity contribution is -0.142. The summed E-state index contributed by atoms with van der Waals surface area (Å²) in [6, 6.07) is 0. The second-order valence-corrected chi connectivity index (χ2v) is 4.05. The number of carbonyl (C=O) groups is 1. The second-order valence-electron chi connectivity index (χ2n) is 4.05. The normalized spacial score (nSPS) is 14.0. The van der Waals surface area contributed by atoms with Crippen molar-refractivity contribution in [3.63, 3.8) is 0 Å². The monoisotopic (exact) mass is 268 g/mol. The molecule has 0 bridgehead atoms. The Kier molecular flexibility index (Phi) is 10.8. The molecule has 0 heterocycles. The fourth-order valence-corrected chi connectivity index (χ4v) is 1.42. The molecule has 2 atom stereocenters. The Morgan fingerprint density at radius 2 is 2.00 bits per heavy atom. The lowest BCUT2D eigenvalue weighted by Gasteiger charge is -2.17. The average Bonchev–Trinajstić information content (AvgIpc) is 2.41. The lowest BCUT2D eigenvalue weighted by Crippen LogP contribution is -2.18. The maximum absolute atomic E-state index is 11.0. The van der Waals surface area contributed by atoms with E-state index in [2.05, 4.69) is 13.2 Å². The van der Waals surface area contributed by atoms with E-state index < -0.39 is 5.97 Å². The molecule has 4 heteroatoms. The quantitative estimate of drug-likeness (QED) is 0.250. The Morgan fingerprint density at radius 3 is 2.58 bits per heavy atom. The summed E-state index contributed by atoms with van der Waals surface area (Å²) in [6.45, 7) is 9.93. The number of carbonyl (C=O) groups excluding carboxylic acids is 1. The van der Waals surface area contributed by atoms with Gasteiger partial charge in [-0.3, -0.25) is 0 Å². The van der Waals surface area contributed by atoms with Crippen molar-refractivity contribution in [1.82, 2.24) is 0 Å². The first-order valence-electron chi connectivity index (χ1n) is 6.36. The highest BCUT2D eigenvalue weighted by molar-refractivity contribution is 5.81. The minimum Gasteiger partial charge on any atom is -0.460 e. The zero-order chi connectivity index (χ0) is 14.5. The van der Waals surface area contributed by atoms with Crippen molar-refractivity contribution in [2.45, 2.75) is 32.0 Å². The van der Waals surface area contributed by atoms with E-state index in [0.29, 0.717) is 13.2 Å². The fraction of sp³-hybridized carbons (Fsp3) is 0.533. The van der Waals surface area contributed by atoms with Crippen LogP contribution in [0, 0.1) is 0 Å². The van der Waals surface area contributed by atoms with Crippen molar-refractivity contribution >= 4 is 5.97 Å². The van der Waals surface area contributed by atoms with Gasteiger partial charge in [-0.1, -0.05) is 31.4 Å². The van der Waals surface area contributed by atoms with Crippen LogP contribution in [0.5, 0.6) is 0 Å². The van der Waals surface area contributed by atoms with E-state index in [4.69, 9.17) is 14.2 Å². The van der Waals surface area contributed by atoms with Gasteiger partial charge in [0.1, 0.15) is 0 Å². The number of hydrogen-bond acceptors (Lipinski definition) is 4. The van der Waals surface area contributed by atoms with Gasteiger partial charge in [0.15, 0.2) is 0 Å². The Balaban J connectivity index is 4.08. The van der Waals surface area contributed by atoms with Gasteiger partial charge >= 0.3 is 5.97 Å². The van der Waals surface area contributed by atoms with Crippen LogP contribution in [0.25, 0.3) is 0 Å². The first kappa shape index (κ1) is 17.6. The zero-order valence-corrected chi connectivity index (χ0v) is 11.8. The molecule has 0 aliphatic rings. The number of allylic oxidation sites excluding steroid dienone is 2. The van der Waals surface area contributed by atoms with E-state index in [-0.39, 0.29) is 12.2 Å². The van der Waals surface area contributed by atoms with Crippen LogP contribution in [0.3, 0.4) is 0 Å². The van der Waals surface area contributed by atoms with Crippen molar-refractivity contribution in [1.29, 1.82) is 0 Å². The first-order chi connectivity index (χ1) is 9.13. The van der Waals surface area contributed by atoms with Gasteiger partial charge in [-0.25, -0.2) is 4.79 Å². The standard InChI is InChI=1S/C15H24O4/c1-5-7-8-14(18-12-11-17-4)10-9-13(3)19-15(16)6-2/h5-8,13-14H,1-2,9-12H2,3-4H3/b8-7+/t13-,14+/m1/s1. The topological polar surface area (TPSA) is 44.8 Å². The molecule has 0 unspecified atom stereocenters. The average molecular weight is 268 g/mol. The summed E-state index contributed by atoms with van der Waals surface area (Å²) in [4.78, 5) is 11.0. The van der Waals surface area contributed by atoms with Gasteiger partial charge in [-0.15, -0.1) is 0 Å². The van der Waals surface area contributed by atoms with Crippen molar-refractivity contribution in [2.24, 2.45) is 0 Å². The van der Waals surface area contributed by atoms with E-state index in [1.807, 2.05) is 19.1 Å². The lowest BCUT2D eigenvalue weighted by atomic mass is 10.1. The third kappa shape index (κ3) is 10.2. The molecular formula is C15H24O4. The molecule has 0 aliphatic carbocycles. The molecule has 0 aliphatic heterocycles. The molecule has 0 aromatic rings. The van der Waals surface area contributed by atoms with Crippen LogP contribution in [0.2, 0.25) is 0 Å². The van der Waals surface area contributed by atoms with Gasteiger partial charge in [-0.05, 0) is 19.8 Å². The molecule has 0 radical (unpaired) electrons. The Morgan fingerprint density at radius 1 is 1.26 bits per heavy atom. The second kappa shape index (κ2) is 11.7. The van der Waals surface area contributed by atoms with Crippen LogP contribution in [-0.4, -0.2) is 38.5 Å². The first-order valence-corrected chi connectivity index (χ1v) is 6.36. The number of rotatable bonds is 11. The maximum atomic E-state index is 11.0. The third-order valence-electron chi connectivity index (χ3n) is 2.42. The van der Waals surface area contributed by atoms with Crippen molar-refractivity contribution in [3.8, 4) is 0 Å². The predicted molar refractivity (Wildman–Crippen MR) is 75.9 cm³/mol. The summed E-state index contributed by atoms with van der Waals surface area (Å²) in [5.41, 5.74) is 0. The van der Waals surface area contributed by atoms with Gasteiger partial charge in [0.05, 0.1) is 25.4 Å². The summed E-state index contributed by atoms with van der Waals surface area (Å²) < 4.78 is 15.7. The Hall–Kier alpha value is -1.39. The molecule has 19 heavy (non-hydrogen) atoms. The van der Waals surface area contributed by atoms with Crippen molar-refractivity contribution < 1.29 is 19.0 Å². The van der Waals surface area contributed by atoms with Crippen molar-refractivity contribution in [2.75, 3.05) is 20.3 Å². The van der Waals surface area contributed by atoms with Gasteiger partial charge in [0.25, 0.3) is 0 Å². The Bertz CT molecular complexity index is 297. The van der Waals surface area contributed by atoms with Crippen LogP contribution < -0.4 is 0 Å².